The normalized spacial score (nSPS) is 36.5. The van der Waals surface area contributed by atoms with Crippen LogP contribution in [-0.4, -0.2) is 171 Å². The largest absolute Gasteiger partial charge is 0.365 e. The maximum absolute atomic E-state index is 16.2. The first kappa shape index (κ1) is 39.0. The summed E-state index contributed by atoms with van der Waals surface area (Å²) in [5, 5.41) is 6.30. The summed E-state index contributed by atoms with van der Waals surface area (Å²) in [6.45, 7) is -8.93. The van der Waals surface area contributed by atoms with E-state index >= 15 is 8.78 Å². The van der Waals surface area contributed by atoms with E-state index in [0.717, 1.165) is 0 Å². The average Bonchev–Trinajstić information content (AvgIpc) is 3.81. The average molecular weight is 793 g/mol. The Balaban J connectivity index is 0.00000216. The van der Waals surface area contributed by atoms with E-state index in [4.69, 9.17) is 51.2 Å². The Morgan fingerprint density at radius 3 is 1.54 bits per heavy atom. The molecule has 0 amide bonds. The zero-order chi connectivity index (χ0) is 33.2. The topological polar surface area (TPSA) is 207 Å². The van der Waals surface area contributed by atoms with Gasteiger partial charge in [-0.15, -0.1) is 0 Å². The number of nitrogens with one attached hydrogen (secondary N) is 2. The van der Waals surface area contributed by atoms with Gasteiger partial charge in [0.1, 0.15) is 37.1 Å². The Morgan fingerprint density at radius 1 is 0.700 bits per heavy atom. The minimum Gasteiger partial charge on any atom is -0.365 e. The zero-order valence-corrected chi connectivity index (χ0v) is 33.7. The van der Waals surface area contributed by atoms with Gasteiger partial charge < -0.3 is 38.9 Å². The molecule has 0 aliphatic carbocycles. The number of halogens is 2. The van der Waals surface area contributed by atoms with Crippen molar-refractivity contribution in [3.8, 4) is 0 Å². The fourth-order valence-electron chi connectivity index (χ4n) is 5.87. The third kappa shape index (κ3) is 7.49. The van der Waals surface area contributed by atoms with Crippen LogP contribution in [0, 0.1) is 0 Å². The number of rotatable bonds is 0. The molecule has 4 N–H and O–H groups in total. The molecule has 2 unspecified atom stereocenters. The molecule has 3 fully saturated rings. The van der Waals surface area contributed by atoms with Gasteiger partial charge in [0.2, 0.25) is 0 Å². The second kappa shape index (κ2) is 15.6. The standard InChI is InChI=1S/C24H26F2N10O8P2S2.2Na/c25-13-17-11-5-39-46(38,48)44-18-12(6-40-45(37,47)43-17)42-24(14(18)26)36-10-34-16-20(30-8-32-22(16)36)28-4-2-1-3-27-19-15-21(31-7-29-19)35(9-33-15)23(13)41-11;;/h1-2,7-14,17-18,23-24H,3-6H2,(H,37,47)(H,38,48)(H,27,29,31)(H,28,30,32);;/b2-1-;;/t11-,12-,13-,14-,17-,18-,23-,24-,45?,46?;;/m1../s1. The monoisotopic (exact) mass is 792 g/mol. The minimum atomic E-state index is -4.24. The van der Waals surface area contributed by atoms with Crippen LogP contribution in [0.5, 0.6) is 0 Å². The van der Waals surface area contributed by atoms with E-state index in [9.17, 15) is 9.79 Å². The number of nitrogens with zero attached hydrogens (tertiary/aromatic N) is 8. The van der Waals surface area contributed by atoms with Crippen LogP contribution in [0.1, 0.15) is 12.5 Å². The van der Waals surface area contributed by atoms with Gasteiger partial charge in [-0.1, -0.05) is 12.2 Å². The van der Waals surface area contributed by atoms with Crippen molar-refractivity contribution >= 4 is 130 Å². The fraction of sp³-hybridized carbons (Fsp3) is 0.500. The van der Waals surface area contributed by atoms with Crippen molar-refractivity contribution in [3.63, 3.8) is 0 Å². The van der Waals surface area contributed by atoms with Gasteiger partial charge in [-0.3, -0.25) is 18.2 Å². The van der Waals surface area contributed by atoms with E-state index in [0.29, 0.717) is 35.8 Å². The predicted molar refractivity (Wildman–Crippen MR) is 181 cm³/mol. The van der Waals surface area contributed by atoms with E-state index < -0.39 is 75.9 Å². The van der Waals surface area contributed by atoms with Crippen LogP contribution in [-0.2, 0) is 51.2 Å². The van der Waals surface area contributed by atoms with Crippen molar-refractivity contribution in [3.05, 3.63) is 37.5 Å². The Kier molecular flexibility index (Phi) is 12.1. The van der Waals surface area contributed by atoms with Crippen LogP contribution in [0.25, 0.3) is 22.3 Å². The number of fused-ring (bicyclic) bond motifs is 10. The summed E-state index contributed by atoms with van der Waals surface area (Å²) in [5.74, 6) is 0.763. The maximum Gasteiger partial charge on any atom is 0.325 e. The van der Waals surface area contributed by atoms with Crippen molar-refractivity contribution in [2.45, 2.75) is 49.2 Å². The number of ether oxygens (including phenoxy) is 2. The molecule has 4 aromatic heterocycles. The molecule has 3 saturated heterocycles. The van der Waals surface area contributed by atoms with Crippen LogP contribution < -0.4 is 10.6 Å². The Hall–Kier alpha value is -0.720. The van der Waals surface area contributed by atoms with E-state index in [1.54, 1.807) is 0 Å². The number of aromatic nitrogens is 8. The second-order valence-corrected chi connectivity index (χ2v) is 16.6. The van der Waals surface area contributed by atoms with Gasteiger partial charge in [0.05, 0.1) is 25.9 Å². The molecular formula is C24H26F2N10Na2O8P2S2. The van der Waals surface area contributed by atoms with Crippen molar-refractivity contribution in [1.82, 2.24) is 39.0 Å². The van der Waals surface area contributed by atoms with E-state index in [-0.39, 0.29) is 70.4 Å². The van der Waals surface area contributed by atoms with Crippen LogP contribution in [0.15, 0.2) is 37.5 Å². The summed E-state index contributed by atoms with van der Waals surface area (Å²) in [6, 6.07) is 0. The van der Waals surface area contributed by atoms with Gasteiger partial charge in [0.15, 0.2) is 58.8 Å². The molecule has 5 aliphatic heterocycles. The molecule has 258 valence electrons. The molecule has 26 heteroatoms. The number of hydrogen-bond donors (Lipinski definition) is 4. The van der Waals surface area contributed by atoms with Gasteiger partial charge in [-0.2, -0.15) is 0 Å². The summed E-state index contributed by atoms with van der Waals surface area (Å²) in [5.41, 5.74) is 1.12. The molecule has 0 aromatic carbocycles. The summed E-state index contributed by atoms with van der Waals surface area (Å²) >= 11 is 10.5. The van der Waals surface area contributed by atoms with Crippen molar-refractivity contribution in [2.75, 3.05) is 36.9 Å². The Morgan fingerprint density at radius 2 is 1.12 bits per heavy atom. The van der Waals surface area contributed by atoms with Crippen molar-refractivity contribution < 1.29 is 46.1 Å². The van der Waals surface area contributed by atoms with E-state index in [1.807, 2.05) is 12.2 Å². The molecule has 9 rings (SSSR count). The summed E-state index contributed by atoms with van der Waals surface area (Å²) in [7, 11) is 0. The molecule has 9 heterocycles. The molecule has 0 spiro atoms. The summed E-state index contributed by atoms with van der Waals surface area (Å²) in [4.78, 5) is 47.9. The smallest absolute Gasteiger partial charge is 0.325 e. The molecule has 5 aliphatic rings. The first-order chi connectivity index (χ1) is 23.1. The van der Waals surface area contributed by atoms with Crippen LogP contribution in [0.3, 0.4) is 0 Å². The second-order valence-electron chi connectivity index (χ2n) is 11.0. The third-order valence-corrected chi connectivity index (χ3v) is 11.2. The van der Waals surface area contributed by atoms with Crippen LogP contribution in [0.4, 0.5) is 20.4 Å². The molecule has 50 heavy (non-hydrogen) atoms. The summed E-state index contributed by atoms with van der Waals surface area (Å²) < 4.78 is 69.5. The Bertz CT molecular complexity index is 1870. The zero-order valence-electron chi connectivity index (χ0n) is 26.3. The molecule has 18 nitrogen and oxygen atoms in total. The molecular weight excluding hydrogens is 766 g/mol. The Labute approximate surface area is 336 Å². The minimum absolute atomic E-state index is 0. The SMILES string of the molecule is OP1(=S)OC[C@H]2O[C@@H]3[C@H](F)[C@@H]2OP(O)(=S)OC[C@H]2O[C@H]([C@H](F)[C@@H]2O1)n1cnc2c(ncnc21)NC/C=C\CNc1ncnc2c1ncn23.[Na].[Na]. The van der Waals surface area contributed by atoms with Crippen molar-refractivity contribution in [1.29, 1.82) is 0 Å². The molecule has 0 saturated carbocycles. The van der Waals surface area contributed by atoms with Crippen LogP contribution >= 0.6 is 13.4 Å². The molecule has 2 radical (unpaired) electrons. The van der Waals surface area contributed by atoms with E-state index in [2.05, 4.69) is 40.5 Å². The van der Waals surface area contributed by atoms with Gasteiger partial charge in [-0.05, 0) is 23.6 Å². The van der Waals surface area contributed by atoms with Gasteiger partial charge >= 0.3 is 13.4 Å². The molecule has 14 bridgehead atoms. The molecule has 10 atom stereocenters. The number of hydrogen-bond acceptors (Lipinski definition) is 16. The number of imidazole rings is 2. The first-order valence-electron chi connectivity index (χ1n) is 14.5. The first-order valence-corrected chi connectivity index (χ1v) is 19.6. The molecule has 4 aromatic rings. The maximum atomic E-state index is 16.2. The fourth-order valence-corrected chi connectivity index (χ4v) is 8.75. The van der Waals surface area contributed by atoms with E-state index in [1.165, 1.54) is 34.4 Å². The van der Waals surface area contributed by atoms with Gasteiger partial charge in [0.25, 0.3) is 0 Å². The van der Waals surface area contributed by atoms with Gasteiger partial charge in [-0.25, -0.2) is 38.7 Å². The van der Waals surface area contributed by atoms with Crippen LogP contribution in [0.2, 0.25) is 0 Å². The number of alkyl halides is 2. The summed E-state index contributed by atoms with van der Waals surface area (Å²) in [6.07, 6.45) is -3.54. The quantitative estimate of drug-likeness (QED) is 0.111. The third-order valence-electron chi connectivity index (χ3n) is 8.05. The van der Waals surface area contributed by atoms with Crippen molar-refractivity contribution in [2.24, 2.45) is 0 Å². The van der Waals surface area contributed by atoms with Gasteiger partial charge in [0, 0.05) is 72.2 Å². The predicted octanol–water partition coefficient (Wildman–Crippen LogP) is 1.02. The number of anilines is 2.